The van der Waals surface area contributed by atoms with Crippen molar-refractivity contribution in [2.45, 2.75) is 0 Å². The Balaban J connectivity index is 3.78. The van der Waals surface area contributed by atoms with Crippen molar-refractivity contribution in [1.29, 1.82) is 10.5 Å². The number of hydrogen-bond donors (Lipinski definition) is 0. The van der Waals surface area contributed by atoms with E-state index in [-0.39, 0.29) is 0 Å². The lowest BCUT2D eigenvalue weighted by molar-refractivity contribution is 1.42. The molecule has 0 amide bonds. The summed E-state index contributed by atoms with van der Waals surface area (Å²) in [6, 6.07) is 1.81. The average molecular weight is 92.1 g/mol. The van der Waals surface area contributed by atoms with Crippen LogP contribution in [-0.2, 0) is 0 Å². The molecule has 0 fully saturated rings. The Hall–Kier alpha value is -1.64. The van der Waals surface area contributed by atoms with Gasteiger partial charge in [-0.05, 0) is 0 Å². The van der Waals surface area contributed by atoms with Crippen molar-refractivity contribution in [3.63, 3.8) is 0 Å². The average Bonchev–Trinajstić information content (AvgIpc) is 1.69. The van der Waals surface area contributed by atoms with E-state index < -0.39 is 0 Å². The topological polar surface area (TPSA) is 72.3 Å². The van der Waals surface area contributed by atoms with E-state index >= 15 is 0 Å². The monoisotopic (exact) mass is 92.0 g/mol. The van der Waals surface area contributed by atoms with E-state index in [1.54, 1.807) is 0 Å². The third-order valence-electron chi connectivity index (χ3n) is 0.200. The van der Waals surface area contributed by atoms with Crippen molar-refractivity contribution in [3.8, 4) is 12.4 Å². The second kappa shape index (κ2) is 4.36. The molecule has 0 aromatic rings. The third-order valence-corrected chi connectivity index (χ3v) is 0.200. The molecule has 0 atom stereocenters. The Kier molecular flexibility index (Phi) is 3.34. The Bertz CT molecular complexity index is 154. The highest BCUT2D eigenvalue weighted by molar-refractivity contribution is 5.44. The quantitative estimate of drug-likeness (QED) is 0.314. The van der Waals surface area contributed by atoms with Gasteiger partial charge in [-0.15, -0.1) is 9.98 Å². The first-order valence-corrected chi connectivity index (χ1v) is 1.34. The third kappa shape index (κ3) is 4.36. The molecule has 7 heavy (non-hydrogen) atoms. The summed E-state index contributed by atoms with van der Waals surface area (Å²) in [7, 11) is 0. The summed E-state index contributed by atoms with van der Waals surface area (Å²) in [6.07, 6.45) is 2.74. The second-order valence-corrected chi connectivity index (χ2v) is 0.524. The first kappa shape index (κ1) is 5.36. The molecule has 4 nitrogen and oxygen atoms in total. The Morgan fingerprint density at radius 3 is 1.71 bits per heavy atom. The summed E-state index contributed by atoms with van der Waals surface area (Å²) >= 11 is 0. The lowest BCUT2D eigenvalue weighted by Gasteiger charge is -1.45. The van der Waals surface area contributed by atoms with E-state index in [1.165, 1.54) is 12.4 Å². The molecule has 0 radical (unpaired) electrons. The number of aliphatic imine (C=N–C) groups is 2. The summed E-state index contributed by atoms with van der Waals surface area (Å²) in [5.74, 6) is 0. The minimum absolute atomic E-state index is 1.37. The van der Waals surface area contributed by atoms with E-state index in [4.69, 9.17) is 10.5 Å². The zero-order chi connectivity index (χ0) is 5.54. The summed E-state index contributed by atoms with van der Waals surface area (Å²) in [5, 5.41) is 15.3. The van der Waals surface area contributed by atoms with Crippen LogP contribution in [0, 0.1) is 22.9 Å². The van der Waals surface area contributed by atoms with Gasteiger partial charge in [0.25, 0.3) is 0 Å². The number of nitrogens with zero attached hydrogens (tertiary/aromatic N) is 4. The molecule has 0 saturated carbocycles. The fourth-order valence-corrected chi connectivity index (χ4v) is 0.0697. The van der Waals surface area contributed by atoms with Crippen molar-refractivity contribution in [3.05, 3.63) is 0 Å². The first-order chi connectivity index (χ1) is 3.41. The van der Waals surface area contributed by atoms with Crippen molar-refractivity contribution in [2.75, 3.05) is 0 Å². The van der Waals surface area contributed by atoms with Gasteiger partial charge in [0.15, 0.2) is 0 Å². The van der Waals surface area contributed by atoms with E-state index in [2.05, 4.69) is 9.98 Å². The summed E-state index contributed by atoms with van der Waals surface area (Å²) in [6.45, 7) is 0. The van der Waals surface area contributed by atoms with Gasteiger partial charge in [-0.25, -0.2) is 0 Å². The molecule has 0 spiro atoms. The van der Waals surface area contributed by atoms with Crippen LogP contribution in [0.5, 0.6) is 0 Å². The molecule has 4 heteroatoms. The Labute approximate surface area is 40.0 Å². The van der Waals surface area contributed by atoms with Crippen LogP contribution < -0.4 is 0 Å². The molecule has 0 rings (SSSR count). The van der Waals surface area contributed by atoms with E-state index in [9.17, 15) is 0 Å². The van der Waals surface area contributed by atoms with Crippen LogP contribution in [0.1, 0.15) is 0 Å². The van der Waals surface area contributed by atoms with E-state index in [0.717, 1.165) is 0 Å². The van der Waals surface area contributed by atoms with Crippen LogP contribution >= 0.6 is 0 Å². The summed E-state index contributed by atoms with van der Waals surface area (Å²) < 4.78 is 0. The molecule has 0 aromatic carbocycles. The number of nitriles is 2. The first-order valence-electron chi connectivity index (χ1n) is 1.34. The van der Waals surface area contributed by atoms with Gasteiger partial charge < -0.3 is 0 Å². The molecule has 0 saturated heterocycles. The van der Waals surface area contributed by atoms with E-state index in [0.29, 0.717) is 0 Å². The van der Waals surface area contributed by atoms with Crippen molar-refractivity contribution < 1.29 is 0 Å². The minimum atomic E-state index is 1.37. The van der Waals surface area contributed by atoms with Crippen LogP contribution in [-0.4, -0.2) is 6.01 Å². The molecule has 0 aliphatic rings. The van der Waals surface area contributed by atoms with Gasteiger partial charge >= 0.3 is 0 Å². The molecule has 0 heterocycles. The highest BCUT2D eigenvalue weighted by Crippen LogP contribution is 1.52. The van der Waals surface area contributed by atoms with Crippen molar-refractivity contribution >= 4 is 6.01 Å². The van der Waals surface area contributed by atoms with Crippen LogP contribution in [0.4, 0.5) is 0 Å². The molecule has 0 aromatic heterocycles. The zero-order valence-corrected chi connectivity index (χ0v) is 3.29. The smallest absolute Gasteiger partial charge is 0.170 e. The van der Waals surface area contributed by atoms with Crippen LogP contribution in [0.2, 0.25) is 0 Å². The Morgan fingerprint density at radius 1 is 1.00 bits per heavy atom. The minimum Gasteiger partial charge on any atom is -0.170 e. The maximum absolute atomic E-state index is 7.64. The molecular weight excluding hydrogens is 92.1 g/mol. The van der Waals surface area contributed by atoms with Crippen LogP contribution in [0.3, 0.4) is 0 Å². The molecule has 0 unspecified atom stereocenters. The van der Waals surface area contributed by atoms with Gasteiger partial charge in [-0.2, -0.15) is 10.5 Å². The van der Waals surface area contributed by atoms with E-state index in [1.807, 2.05) is 6.01 Å². The number of rotatable bonds is 0. The predicted octanol–water partition coefficient (Wildman–Crippen LogP) is 0.122. The molecule has 32 valence electrons. The standard InChI is InChI=1S/C3N4/c4-1-6-3-7-2-5. The van der Waals surface area contributed by atoms with Crippen molar-refractivity contribution in [1.82, 2.24) is 0 Å². The zero-order valence-electron chi connectivity index (χ0n) is 3.29. The highest BCUT2D eigenvalue weighted by atomic mass is 14.8. The predicted molar refractivity (Wildman–Crippen MR) is 21.1 cm³/mol. The molecule has 0 aliphatic heterocycles. The summed E-state index contributed by atoms with van der Waals surface area (Å²) in [4.78, 5) is 5.66. The fraction of sp³-hybridized carbons (Fsp3) is 0. The molecule has 0 aliphatic carbocycles. The SMILES string of the molecule is N#CN=C=NC#N. The van der Waals surface area contributed by atoms with Gasteiger partial charge in [-0.1, -0.05) is 0 Å². The lowest BCUT2D eigenvalue weighted by Crippen LogP contribution is -1.46. The fourth-order valence-electron chi connectivity index (χ4n) is 0.0697. The van der Waals surface area contributed by atoms with Gasteiger partial charge in [0.05, 0.1) is 0 Å². The Morgan fingerprint density at radius 2 is 1.43 bits per heavy atom. The maximum atomic E-state index is 7.64. The highest BCUT2D eigenvalue weighted by Gasteiger charge is 1.52. The van der Waals surface area contributed by atoms with Gasteiger partial charge in [-0.3, -0.25) is 0 Å². The van der Waals surface area contributed by atoms with Crippen LogP contribution in [0.25, 0.3) is 0 Å². The molecule has 0 N–H and O–H groups in total. The lowest BCUT2D eigenvalue weighted by atomic mass is 11.2. The number of hydrogen-bond acceptors (Lipinski definition) is 4. The van der Waals surface area contributed by atoms with Gasteiger partial charge in [0.2, 0.25) is 12.4 Å². The molecule has 0 bridgehead atoms. The van der Waals surface area contributed by atoms with Gasteiger partial charge in [0.1, 0.15) is 6.01 Å². The van der Waals surface area contributed by atoms with Crippen molar-refractivity contribution in [2.24, 2.45) is 9.98 Å². The van der Waals surface area contributed by atoms with Gasteiger partial charge in [0, 0.05) is 0 Å². The maximum Gasteiger partial charge on any atom is 0.216 e. The summed E-state index contributed by atoms with van der Waals surface area (Å²) in [5.41, 5.74) is 0. The normalized spacial score (nSPS) is 4.29. The molecular formula is C3N4. The second-order valence-electron chi connectivity index (χ2n) is 0.524. The van der Waals surface area contributed by atoms with Crippen LogP contribution in [0.15, 0.2) is 9.98 Å². The largest absolute Gasteiger partial charge is 0.216 e.